The summed E-state index contributed by atoms with van der Waals surface area (Å²) in [5, 5.41) is 0. The Bertz CT molecular complexity index is 1000. The first-order valence-corrected chi connectivity index (χ1v) is 9.15. The van der Waals surface area contributed by atoms with Crippen molar-refractivity contribution in [2.24, 2.45) is 9.98 Å². The van der Waals surface area contributed by atoms with Crippen LogP contribution in [-0.2, 0) is 9.47 Å². The lowest BCUT2D eigenvalue weighted by Crippen LogP contribution is -1.83. The van der Waals surface area contributed by atoms with Gasteiger partial charge in [0.15, 0.2) is 0 Å². The maximum Gasteiger partial charge on any atom is 0.112 e. The Balaban J connectivity index is 1.48. The molecule has 0 spiro atoms. The molecule has 2 aliphatic heterocycles. The number of nitrogens with zero attached hydrogens (tertiary/aromatic N) is 2. The van der Waals surface area contributed by atoms with Gasteiger partial charge in [-0.1, -0.05) is 42.5 Å². The summed E-state index contributed by atoms with van der Waals surface area (Å²) in [5.41, 5.74) is 5.82. The number of hydrogen-bond donors (Lipinski definition) is 0. The van der Waals surface area contributed by atoms with Crippen LogP contribution in [0.25, 0.3) is 0 Å². The Kier molecular flexibility index (Phi) is 5.59. The molecule has 0 N–H and O–H groups in total. The summed E-state index contributed by atoms with van der Waals surface area (Å²) in [6.07, 6.45) is 31.4. The molecule has 0 saturated heterocycles. The van der Waals surface area contributed by atoms with Gasteiger partial charge in [-0.15, -0.1) is 0 Å². The molecular formula is C24H20N2O2. The maximum absolute atomic E-state index is 5.66. The molecule has 0 unspecified atom stereocenters. The minimum atomic E-state index is 0.868. The average molecular weight is 368 g/mol. The van der Waals surface area contributed by atoms with E-state index in [1.54, 1.807) is 25.0 Å². The topological polar surface area (TPSA) is 43.2 Å². The van der Waals surface area contributed by atoms with Gasteiger partial charge in [0.25, 0.3) is 0 Å². The van der Waals surface area contributed by atoms with Gasteiger partial charge < -0.3 is 9.47 Å². The van der Waals surface area contributed by atoms with Crippen molar-refractivity contribution in [3.8, 4) is 0 Å². The van der Waals surface area contributed by atoms with E-state index in [9.17, 15) is 0 Å². The lowest BCUT2D eigenvalue weighted by molar-refractivity contribution is 0.371. The number of fused-ring (bicyclic) bond motifs is 2. The largest absolute Gasteiger partial charge is 0.473 e. The van der Waals surface area contributed by atoms with Gasteiger partial charge in [-0.3, -0.25) is 9.98 Å². The van der Waals surface area contributed by atoms with Crippen molar-refractivity contribution in [1.82, 2.24) is 0 Å². The van der Waals surface area contributed by atoms with E-state index in [-0.39, 0.29) is 0 Å². The molecule has 138 valence electrons. The molecule has 0 fully saturated rings. The molecule has 4 nitrogen and oxygen atoms in total. The van der Waals surface area contributed by atoms with E-state index in [0.29, 0.717) is 0 Å². The molecule has 4 aliphatic rings. The van der Waals surface area contributed by atoms with Gasteiger partial charge in [0, 0.05) is 36.4 Å². The van der Waals surface area contributed by atoms with Gasteiger partial charge in [-0.05, 0) is 29.4 Å². The molecule has 0 bridgehead atoms. The fourth-order valence-corrected chi connectivity index (χ4v) is 2.66. The summed E-state index contributed by atoms with van der Waals surface area (Å²) >= 11 is 0. The van der Waals surface area contributed by atoms with E-state index >= 15 is 0 Å². The summed E-state index contributed by atoms with van der Waals surface area (Å²) in [4.78, 5) is 8.79. The highest BCUT2D eigenvalue weighted by atomic mass is 16.5. The van der Waals surface area contributed by atoms with Crippen LogP contribution in [0.1, 0.15) is 12.8 Å². The minimum absolute atomic E-state index is 0.868. The van der Waals surface area contributed by atoms with Gasteiger partial charge in [0.05, 0.1) is 30.7 Å². The molecule has 28 heavy (non-hydrogen) atoms. The van der Waals surface area contributed by atoms with Crippen molar-refractivity contribution in [1.29, 1.82) is 0 Å². The molecule has 0 aromatic rings. The fourth-order valence-electron chi connectivity index (χ4n) is 2.66. The third-order valence-corrected chi connectivity index (χ3v) is 4.27. The molecule has 0 amide bonds. The normalized spacial score (nSPS) is 30.7. The molecule has 2 aliphatic carbocycles. The zero-order chi connectivity index (χ0) is 19.0. The summed E-state index contributed by atoms with van der Waals surface area (Å²) in [7, 11) is 0. The first-order chi connectivity index (χ1) is 13.9. The van der Waals surface area contributed by atoms with E-state index in [2.05, 4.69) is 9.98 Å². The first-order valence-electron chi connectivity index (χ1n) is 9.15. The van der Waals surface area contributed by atoms with Gasteiger partial charge >= 0.3 is 0 Å². The van der Waals surface area contributed by atoms with E-state index in [1.165, 1.54) is 16.7 Å². The Hall–Kier alpha value is -3.66. The molecule has 0 aromatic heterocycles. The quantitative estimate of drug-likeness (QED) is 0.565. The monoisotopic (exact) mass is 368 g/mol. The Labute approximate surface area is 164 Å². The Morgan fingerprint density at radius 1 is 0.714 bits per heavy atom. The minimum Gasteiger partial charge on any atom is -0.473 e. The van der Waals surface area contributed by atoms with Crippen LogP contribution in [0.5, 0.6) is 0 Å². The van der Waals surface area contributed by atoms with Gasteiger partial charge in [-0.2, -0.15) is 0 Å². The molecule has 0 atom stereocenters. The van der Waals surface area contributed by atoms with Gasteiger partial charge in [-0.25, -0.2) is 0 Å². The number of hydrogen-bond acceptors (Lipinski definition) is 4. The molecule has 2 heterocycles. The van der Waals surface area contributed by atoms with E-state index < -0.39 is 0 Å². The highest BCUT2D eigenvalue weighted by Gasteiger charge is 2.35. The van der Waals surface area contributed by atoms with E-state index in [4.69, 9.17) is 9.47 Å². The predicted molar refractivity (Wildman–Crippen MR) is 113 cm³/mol. The van der Waals surface area contributed by atoms with E-state index in [1.807, 2.05) is 73.2 Å². The highest BCUT2D eigenvalue weighted by Crippen LogP contribution is 2.48. The third kappa shape index (κ3) is 4.95. The molecule has 0 saturated carbocycles. The molecule has 4 heteroatoms. The molecular weight excluding hydrogens is 348 g/mol. The van der Waals surface area contributed by atoms with Crippen molar-refractivity contribution < 1.29 is 9.47 Å². The second-order valence-corrected chi connectivity index (χ2v) is 6.33. The first kappa shape index (κ1) is 17.7. The fraction of sp³-hybridized carbons (Fsp3) is 0.0833. The zero-order valence-corrected chi connectivity index (χ0v) is 15.4. The van der Waals surface area contributed by atoms with Crippen molar-refractivity contribution in [2.75, 3.05) is 0 Å². The van der Waals surface area contributed by atoms with Crippen molar-refractivity contribution >= 4 is 12.4 Å². The second-order valence-electron chi connectivity index (χ2n) is 6.33. The smallest absolute Gasteiger partial charge is 0.112 e. The van der Waals surface area contributed by atoms with Crippen LogP contribution in [0.15, 0.2) is 129 Å². The number of rotatable bonds is 0. The molecule has 0 aromatic carbocycles. The van der Waals surface area contributed by atoms with Gasteiger partial charge in [0.1, 0.15) is 5.76 Å². The van der Waals surface area contributed by atoms with Crippen LogP contribution in [0.3, 0.4) is 0 Å². The second kappa shape index (κ2) is 8.82. The van der Waals surface area contributed by atoms with Crippen LogP contribution >= 0.6 is 0 Å². The predicted octanol–water partition coefficient (Wildman–Crippen LogP) is 5.52. The van der Waals surface area contributed by atoms with Crippen LogP contribution in [-0.4, -0.2) is 12.4 Å². The standard InChI is InChI=1S/C24H20N2O2/c1-2-4-9-13-28-24-15-22(24)21-14-20(21)17-26-23-18-25-16-19(23)10-6-5-8-12-27-11-7-3-1/h1-13,16-18H,14-15H2/b3-1+,4-2+,6-5+,11-7-,12-8+,13-9+,19-10+,26-17-. The van der Waals surface area contributed by atoms with Crippen molar-refractivity contribution in [3.63, 3.8) is 0 Å². The van der Waals surface area contributed by atoms with E-state index in [0.717, 1.165) is 29.9 Å². The number of ether oxygens (including phenoxy) is 2. The lowest BCUT2D eigenvalue weighted by atomic mass is 10.2. The van der Waals surface area contributed by atoms with Crippen molar-refractivity contribution in [2.45, 2.75) is 12.8 Å². The van der Waals surface area contributed by atoms with Crippen LogP contribution in [0, 0.1) is 0 Å². The van der Waals surface area contributed by atoms with Crippen LogP contribution in [0.4, 0.5) is 0 Å². The number of aliphatic imine (C=N–C) groups is 2. The molecule has 4 rings (SSSR count). The summed E-state index contributed by atoms with van der Waals surface area (Å²) in [6.45, 7) is 0. The maximum atomic E-state index is 5.66. The summed E-state index contributed by atoms with van der Waals surface area (Å²) in [5.74, 6) is 1.05. The average Bonchev–Trinajstić information content (AvgIpc) is 3.59. The highest BCUT2D eigenvalue weighted by molar-refractivity contribution is 5.93. The van der Waals surface area contributed by atoms with Crippen LogP contribution < -0.4 is 0 Å². The Morgan fingerprint density at radius 2 is 1.46 bits per heavy atom. The number of allylic oxidation sites excluding steroid dienone is 15. The van der Waals surface area contributed by atoms with Gasteiger partial charge in [0.2, 0.25) is 0 Å². The summed E-state index contributed by atoms with van der Waals surface area (Å²) < 4.78 is 10.9. The zero-order valence-electron chi connectivity index (χ0n) is 15.4. The van der Waals surface area contributed by atoms with Crippen molar-refractivity contribution in [3.05, 3.63) is 119 Å². The molecule has 0 radical (unpaired) electrons. The van der Waals surface area contributed by atoms with Crippen LogP contribution in [0.2, 0.25) is 0 Å². The SMILES string of the molecule is C1=NC=C2/N=C\C3=C(C3)C3=C(C3)O/C=C/C=C/C=C/C=C\O/C=C/C=C/C=C\12. The Morgan fingerprint density at radius 3 is 2.32 bits per heavy atom. The third-order valence-electron chi connectivity index (χ3n) is 4.27. The summed E-state index contributed by atoms with van der Waals surface area (Å²) in [6, 6.07) is 0. The lowest BCUT2D eigenvalue weighted by Gasteiger charge is -1.93.